The van der Waals surface area contributed by atoms with Crippen LogP contribution in [-0.4, -0.2) is 15.2 Å². The summed E-state index contributed by atoms with van der Waals surface area (Å²) >= 11 is 0. The zero-order valence-corrected chi connectivity index (χ0v) is 7.24. The SMILES string of the molecule is Cc1occc1-c1n[nH]c(CN)n1. The molecular formula is C8H10N4O. The predicted octanol–water partition coefficient (Wildman–Crippen LogP) is 0.832. The Balaban J connectivity index is 2.41. The molecule has 2 aromatic rings. The molecule has 68 valence electrons. The van der Waals surface area contributed by atoms with Crippen LogP contribution < -0.4 is 5.73 Å². The van der Waals surface area contributed by atoms with Crippen molar-refractivity contribution in [1.82, 2.24) is 15.2 Å². The number of rotatable bonds is 2. The van der Waals surface area contributed by atoms with E-state index in [0.717, 1.165) is 11.3 Å². The third-order valence-corrected chi connectivity index (χ3v) is 1.82. The van der Waals surface area contributed by atoms with Gasteiger partial charge in [0.15, 0.2) is 5.82 Å². The number of aromatic amines is 1. The van der Waals surface area contributed by atoms with Crippen LogP contribution in [0.2, 0.25) is 0 Å². The van der Waals surface area contributed by atoms with Gasteiger partial charge >= 0.3 is 0 Å². The lowest BCUT2D eigenvalue weighted by Crippen LogP contribution is -1.97. The van der Waals surface area contributed by atoms with Crippen LogP contribution >= 0.6 is 0 Å². The topological polar surface area (TPSA) is 80.7 Å². The summed E-state index contributed by atoms with van der Waals surface area (Å²) < 4.78 is 5.14. The van der Waals surface area contributed by atoms with E-state index in [1.54, 1.807) is 6.26 Å². The van der Waals surface area contributed by atoms with Gasteiger partial charge in [-0.3, -0.25) is 5.10 Å². The van der Waals surface area contributed by atoms with Gasteiger partial charge in [-0.25, -0.2) is 4.98 Å². The number of hydrogen-bond donors (Lipinski definition) is 2. The molecule has 0 aliphatic rings. The number of nitrogens with zero attached hydrogens (tertiary/aromatic N) is 2. The number of hydrogen-bond acceptors (Lipinski definition) is 4. The number of aromatic nitrogens is 3. The maximum atomic E-state index is 5.40. The van der Waals surface area contributed by atoms with Gasteiger partial charge in [-0.05, 0) is 13.0 Å². The molecule has 0 spiro atoms. The molecule has 0 fully saturated rings. The first kappa shape index (κ1) is 8.00. The van der Waals surface area contributed by atoms with Crippen molar-refractivity contribution >= 4 is 0 Å². The van der Waals surface area contributed by atoms with Gasteiger partial charge in [-0.1, -0.05) is 0 Å². The maximum Gasteiger partial charge on any atom is 0.184 e. The van der Waals surface area contributed by atoms with Crippen molar-refractivity contribution in [2.75, 3.05) is 0 Å². The number of nitrogens with two attached hydrogens (primary N) is 1. The van der Waals surface area contributed by atoms with Crippen molar-refractivity contribution in [3.63, 3.8) is 0 Å². The molecule has 0 saturated carbocycles. The van der Waals surface area contributed by atoms with E-state index >= 15 is 0 Å². The molecule has 0 saturated heterocycles. The Labute approximate surface area is 75.0 Å². The summed E-state index contributed by atoms with van der Waals surface area (Å²) in [7, 11) is 0. The number of furan rings is 1. The molecule has 0 aliphatic heterocycles. The van der Waals surface area contributed by atoms with Crippen LogP contribution in [0.5, 0.6) is 0 Å². The fraction of sp³-hybridized carbons (Fsp3) is 0.250. The minimum Gasteiger partial charge on any atom is -0.469 e. The summed E-state index contributed by atoms with van der Waals surface area (Å²) in [5.74, 6) is 2.12. The Bertz CT molecular complexity index is 404. The van der Waals surface area contributed by atoms with Crippen LogP contribution in [0.25, 0.3) is 11.4 Å². The normalized spacial score (nSPS) is 10.6. The fourth-order valence-corrected chi connectivity index (χ4v) is 1.12. The van der Waals surface area contributed by atoms with Crippen LogP contribution in [0.4, 0.5) is 0 Å². The van der Waals surface area contributed by atoms with E-state index in [-0.39, 0.29) is 0 Å². The van der Waals surface area contributed by atoms with E-state index < -0.39 is 0 Å². The standard InChI is InChI=1S/C8H10N4O/c1-5-6(2-3-13-5)8-10-7(4-9)11-12-8/h2-3H,4,9H2,1H3,(H,10,11,12). The molecule has 13 heavy (non-hydrogen) atoms. The average Bonchev–Trinajstić information content (AvgIpc) is 2.71. The molecule has 0 amide bonds. The maximum absolute atomic E-state index is 5.40. The van der Waals surface area contributed by atoms with Crippen LogP contribution in [0.15, 0.2) is 16.7 Å². The molecule has 5 heteroatoms. The summed E-state index contributed by atoms with van der Waals surface area (Å²) in [6.45, 7) is 2.23. The van der Waals surface area contributed by atoms with Crippen LogP contribution in [0.1, 0.15) is 11.6 Å². The van der Waals surface area contributed by atoms with Gasteiger partial charge in [-0.2, -0.15) is 5.10 Å². The second-order valence-corrected chi connectivity index (χ2v) is 2.70. The van der Waals surface area contributed by atoms with Crippen molar-refractivity contribution < 1.29 is 4.42 Å². The van der Waals surface area contributed by atoms with Crippen molar-refractivity contribution in [1.29, 1.82) is 0 Å². The lowest BCUT2D eigenvalue weighted by atomic mass is 10.2. The van der Waals surface area contributed by atoms with E-state index in [4.69, 9.17) is 10.2 Å². The third-order valence-electron chi connectivity index (χ3n) is 1.82. The molecular weight excluding hydrogens is 168 g/mol. The number of aryl methyl sites for hydroxylation is 1. The van der Waals surface area contributed by atoms with Crippen LogP contribution in [-0.2, 0) is 6.54 Å². The van der Waals surface area contributed by atoms with Gasteiger partial charge in [0.2, 0.25) is 0 Å². The van der Waals surface area contributed by atoms with Gasteiger partial charge in [-0.15, -0.1) is 0 Å². The Morgan fingerprint density at radius 1 is 1.62 bits per heavy atom. The fourth-order valence-electron chi connectivity index (χ4n) is 1.12. The van der Waals surface area contributed by atoms with Gasteiger partial charge < -0.3 is 10.2 Å². The Hall–Kier alpha value is -1.62. The molecule has 0 atom stereocenters. The van der Waals surface area contributed by atoms with E-state index in [2.05, 4.69) is 15.2 Å². The van der Waals surface area contributed by atoms with Crippen LogP contribution in [0, 0.1) is 6.92 Å². The first-order valence-corrected chi connectivity index (χ1v) is 3.97. The molecule has 0 aromatic carbocycles. The lowest BCUT2D eigenvalue weighted by molar-refractivity contribution is 0.535. The molecule has 3 N–H and O–H groups in total. The molecule has 0 bridgehead atoms. The van der Waals surface area contributed by atoms with Crippen molar-refractivity contribution in [2.24, 2.45) is 5.73 Å². The van der Waals surface area contributed by atoms with E-state index in [1.807, 2.05) is 13.0 Å². The highest BCUT2D eigenvalue weighted by atomic mass is 16.3. The molecule has 5 nitrogen and oxygen atoms in total. The molecule has 0 aliphatic carbocycles. The highest BCUT2D eigenvalue weighted by Gasteiger charge is 2.09. The summed E-state index contributed by atoms with van der Waals surface area (Å²) in [6, 6.07) is 1.83. The summed E-state index contributed by atoms with van der Waals surface area (Å²) in [6.07, 6.45) is 1.61. The minimum atomic E-state index is 0.365. The molecule has 2 aromatic heterocycles. The predicted molar refractivity (Wildman–Crippen MR) is 46.7 cm³/mol. The Kier molecular flexibility index (Phi) is 1.86. The third kappa shape index (κ3) is 1.33. The van der Waals surface area contributed by atoms with Crippen molar-refractivity contribution in [3.05, 3.63) is 23.9 Å². The summed E-state index contributed by atoms with van der Waals surface area (Å²) in [5, 5.41) is 6.76. The monoisotopic (exact) mass is 178 g/mol. The first-order valence-electron chi connectivity index (χ1n) is 3.97. The highest BCUT2D eigenvalue weighted by molar-refractivity contribution is 5.56. The van der Waals surface area contributed by atoms with Crippen LogP contribution in [0.3, 0.4) is 0 Å². The lowest BCUT2D eigenvalue weighted by Gasteiger charge is -1.88. The van der Waals surface area contributed by atoms with E-state index in [1.165, 1.54) is 0 Å². The summed E-state index contributed by atoms with van der Waals surface area (Å²) in [5.41, 5.74) is 6.30. The summed E-state index contributed by atoms with van der Waals surface area (Å²) in [4.78, 5) is 4.18. The van der Waals surface area contributed by atoms with Crippen molar-refractivity contribution in [3.8, 4) is 11.4 Å². The molecule has 2 heterocycles. The van der Waals surface area contributed by atoms with E-state index in [0.29, 0.717) is 18.2 Å². The molecule has 2 rings (SSSR count). The average molecular weight is 178 g/mol. The Morgan fingerprint density at radius 2 is 2.46 bits per heavy atom. The van der Waals surface area contributed by atoms with E-state index in [9.17, 15) is 0 Å². The second-order valence-electron chi connectivity index (χ2n) is 2.70. The van der Waals surface area contributed by atoms with Gasteiger partial charge in [0, 0.05) is 0 Å². The highest BCUT2D eigenvalue weighted by Crippen LogP contribution is 2.19. The van der Waals surface area contributed by atoms with Gasteiger partial charge in [0.05, 0.1) is 18.4 Å². The quantitative estimate of drug-likeness (QED) is 0.713. The first-order chi connectivity index (χ1) is 6.31. The zero-order chi connectivity index (χ0) is 9.26. The Morgan fingerprint density at radius 3 is 3.00 bits per heavy atom. The van der Waals surface area contributed by atoms with Gasteiger partial charge in [0.25, 0.3) is 0 Å². The largest absolute Gasteiger partial charge is 0.469 e. The van der Waals surface area contributed by atoms with Gasteiger partial charge in [0.1, 0.15) is 11.6 Å². The second kappa shape index (κ2) is 3.02. The smallest absolute Gasteiger partial charge is 0.184 e. The van der Waals surface area contributed by atoms with Crippen molar-refractivity contribution in [2.45, 2.75) is 13.5 Å². The number of nitrogens with one attached hydrogen (secondary N) is 1. The number of H-pyrrole nitrogens is 1. The molecule has 0 unspecified atom stereocenters. The minimum absolute atomic E-state index is 0.365. The molecule has 0 radical (unpaired) electrons. The zero-order valence-electron chi connectivity index (χ0n) is 7.24.